The van der Waals surface area contributed by atoms with Crippen molar-refractivity contribution in [3.05, 3.63) is 109 Å². The summed E-state index contributed by atoms with van der Waals surface area (Å²) in [5.74, 6) is -1.01. The molecule has 0 aliphatic rings. The topological polar surface area (TPSA) is 78.9 Å². The highest BCUT2D eigenvalue weighted by atomic mass is 16.6. The summed E-state index contributed by atoms with van der Waals surface area (Å²) in [7, 11) is 0. The Kier molecular flexibility index (Phi) is 47.5. The van der Waals surface area contributed by atoms with Crippen LogP contribution in [0.1, 0.15) is 213 Å². The van der Waals surface area contributed by atoms with Gasteiger partial charge in [-0.3, -0.25) is 14.4 Å². The van der Waals surface area contributed by atoms with Gasteiger partial charge in [0.2, 0.25) is 0 Å². The minimum Gasteiger partial charge on any atom is -0.462 e. The molecule has 0 aliphatic heterocycles. The Balaban J connectivity index is 4.54. The summed E-state index contributed by atoms with van der Waals surface area (Å²) in [6, 6.07) is 0. The lowest BCUT2D eigenvalue weighted by Gasteiger charge is -2.18. The molecule has 356 valence electrons. The van der Waals surface area contributed by atoms with Gasteiger partial charge in [0.05, 0.1) is 0 Å². The monoisotopic (exact) mass is 873 g/mol. The Morgan fingerprint density at radius 2 is 0.619 bits per heavy atom. The van der Waals surface area contributed by atoms with E-state index < -0.39 is 6.10 Å². The Morgan fingerprint density at radius 3 is 1.02 bits per heavy atom. The van der Waals surface area contributed by atoms with E-state index in [9.17, 15) is 14.4 Å². The fourth-order valence-electron chi connectivity index (χ4n) is 6.48. The Hall–Kier alpha value is -3.93. The predicted octanol–water partition coefficient (Wildman–Crippen LogP) is 16.8. The summed E-state index contributed by atoms with van der Waals surface area (Å²) in [4.78, 5) is 37.9. The van der Waals surface area contributed by atoms with Crippen LogP contribution in [0, 0.1) is 0 Å². The minimum absolute atomic E-state index is 0.112. The first kappa shape index (κ1) is 59.1. The van der Waals surface area contributed by atoms with Crippen LogP contribution in [0.15, 0.2) is 109 Å². The fourth-order valence-corrected chi connectivity index (χ4v) is 6.48. The highest BCUT2D eigenvalue weighted by Crippen LogP contribution is 2.13. The molecule has 1 atom stereocenters. The van der Waals surface area contributed by atoms with Crippen molar-refractivity contribution in [3.8, 4) is 0 Å². The van der Waals surface area contributed by atoms with E-state index in [0.29, 0.717) is 25.7 Å². The number of allylic oxidation sites excluding steroid dienone is 18. The number of hydrogen-bond donors (Lipinski definition) is 0. The second-order valence-corrected chi connectivity index (χ2v) is 16.3. The van der Waals surface area contributed by atoms with Crippen LogP contribution in [-0.4, -0.2) is 37.2 Å². The van der Waals surface area contributed by atoms with Crippen molar-refractivity contribution in [1.82, 2.24) is 0 Å². The molecule has 63 heavy (non-hydrogen) atoms. The van der Waals surface area contributed by atoms with Crippen LogP contribution in [0.5, 0.6) is 0 Å². The maximum atomic E-state index is 12.8. The number of rotatable bonds is 44. The summed E-state index contributed by atoms with van der Waals surface area (Å²) >= 11 is 0. The average Bonchev–Trinajstić information content (AvgIpc) is 3.28. The van der Waals surface area contributed by atoms with Crippen molar-refractivity contribution in [2.24, 2.45) is 0 Å². The number of hydrogen-bond acceptors (Lipinski definition) is 6. The van der Waals surface area contributed by atoms with Gasteiger partial charge < -0.3 is 14.2 Å². The van der Waals surface area contributed by atoms with Crippen LogP contribution < -0.4 is 0 Å². The first-order chi connectivity index (χ1) is 31.0. The summed E-state index contributed by atoms with van der Waals surface area (Å²) in [6.07, 6.45) is 67.9. The van der Waals surface area contributed by atoms with Crippen molar-refractivity contribution in [3.63, 3.8) is 0 Å². The van der Waals surface area contributed by atoms with E-state index >= 15 is 0 Å². The third kappa shape index (κ3) is 49.0. The SMILES string of the molecule is CC/C=C\C/C=C\C/C=C\C/C=C\CCCCC(=O)OC[C@H](COC(=O)CCCCCCCCC/C=C\CCCCCC)OC(=O)CCCC/C=C\C/C=C\C/C=C\C/C=C\CC. The maximum Gasteiger partial charge on any atom is 0.306 e. The Bertz CT molecular complexity index is 1330. The van der Waals surface area contributed by atoms with E-state index in [4.69, 9.17) is 14.2 Å². The number of ether oxygens (including phenoxy) is 3. The standard InChI is InChI=1S/C57H92O6/c1-4-7-10-13-16-19-22-25-28-31-34-37-40-43-46-49-55(58)61-52-54(63-57(60)51-48-45-42-39-36-33-30-27-24-21-18-15-12-9-6-3)53-62-56(59)50-47-44-41-38-35-32-29-26-23-20-17-14-11-8-5-2/h7,9-10,12,16,18-21,23,25,27-28,30,34,36-37,39,54H,4-6,8,11,13-15,17,22,24,26,29,31-33,35,38,40-53H2,1-3H3/b10-7-,12-9-,19-16-,21-18-,23-20-,28-25-,30-27-,37-34-,39-36-/t54-/m1/s1. The van der Waals surface area contributed by atoms with Crippen LogP contribution >= 0.6 is 0 Å². The molecule has 0 spiro atoms. The second kappa shape index (κ2) is 50.7. The zero-order valence-corrected chi connectivity index (χ0v) is 40.5. The van der Waals surface area contributed by atoms with Gasteiger partial charge in [-0.2, -0.15) is 0 Å². The van der Waals surface area contributed by atoms with Gasteiger partial charge in [0, 0.05) is 19.3 Å². The molecule has 0 fully saturated rings. The van der Waals surface area contributed by atoms with E-state index in [0.717, 1.165) is 96.3 Å². The Labute approximate surface area is 387 Å². The van der Waals surface area contributed by atoms with Gasteiger partial charge in [-0.15, -0.1) is 0 Å². The van der Waals surface area contributed by atoms with Crippen molar-refractivity contribution in [2.75, 3.05) is 13.2 Å². The first-order valence-electron chi connectivity index (χ1n) is 25.4. The molecule has 0 saturated carbocycles. The smallest absolute Gasteiger partial charge is 0.306 e. The van der Waals surface area contributed by atoms with Gasteiger partial charge in [-0.1, -0.05) is 182 Å². The van der Waals surface area contributed by atoms with Gasteiger partial charge in [-0.25, -0.2) is 0 Å². The van der Waals surface area contributed by atoms with E-state index in [1.807, 2.05) is 0 Å². The molecular formula is C57H92O6. The minimum atomic E-state index is -0.819. The summed E-state index contributed by atoms with van der Waals surface area (Å²) in [5.41, 5.74) is 0. The fraction of sp³-hybridized carbons (Fsp3) is 0.632. The molecule has 0 aliphatic carbocycles. The number of carbonyl (C=O) groups is 3. The largest absolute Gasteiger partial charge is 0.462 e. The molecule has 0 unspecified atom stereocenters. The molecule has 0 bridgehead atoms. The zero-order valence-electron chi connectivity index (χ0n) is 40.5. The van der Waals surface area contributed by atoms with Crippen molar-refractivity contribution >= 4 is 17.9 Å². The van der Waals surface area contributed by atoms with Gasteiger partial charge in [-0.05, 0) is 122 Å². The molecule has 0 saturated heterocycles. The lowest BCUT2D eigenvalue weighted by molar-refractivity contribution is -0.167. The lowest BCUT2D eigenvalue weighted by atomic mass is 10.1. The highest BCUT2D eigenvalue weighted by molar-refractivity contribution is 5.71. The lowest BCUT2D eigenvalue weighted by Crippen LogP contribution is -2.30. The molecule has 0 aromatic rings. The summed E-state index contributed by atoms with van der Waals surface area (Å²) < 4.78 is 16.7. The third-order valence-corrected chi connectivity index (χ3v) is 10.2. The number of carbonyl (C=O) groups excluding carboxylic acids is 3. The van der Waals surface area contributed by atoms with E-state index in [1.54, 1.807) is 0 Å². The molecule has 0 aromatic heterocycles. The van der Waals surface area contributed by atoms with Crippen LogP contribution in [0.25, 0.3) is 0 Å². The van der Waals surface area contributed by atoms with E-state index in [2.05, 4.69) is 130 Å². The Morgan fingerprint density at radius 1 is 0.333 bits per heavy atom. The van der Waals surface area contributed by atoms with Crippen LogP contribution in [-0.2, 0) is 28.6 Å². The maximum absolute atomic E-state index is 12.8. The van der Waals surface area contributed by atoms with Gasteiger partial charge in [0.1, 0.15) is 13.2 Å². The normalized spacial score (nSPS) is 13.0. The van der Waals surface area contributed by atoms with E-state index in [-0.39, 0.29) is 37.5 Å². The average molecular weight is 873 g/mol. The van der Waals surface area contributed by atoms with Crippen LogP contribution in [0.3, 0.4) is 0 Å². The quantitative estimate of drug-likeness (QED) is 0.0263. The summed E-state index contributed by atoms with van der Waals surface area (Å²) in [5, 5.41) is 0. The molecule has 0 heterocycles. The van der Waals surface area contributed by atoms with Crippen molar-refractivity contribution in [2.45, 2.75) is 219 Å². The molecule has 0 amide bonds. The second-order valence-electron chi connectivity index (χ2n) is 16.3. The van der Waals surface area contributed by atoms with Gasteiger partial charge >= 0.3 is 17.9 Å². The highest BCUT2D eigenvalue weighted by Gasteiger charge is 2.19. The molecule has 6 heteroatoms. The molecule has 0 N–H and O–H groups in total. The molecule has 0 aromatic carbocycles. The van der Waals surface area contributed by atoms with Gasteiger partial charge in [0.15, 0.2) is 6.10 Å². The van der Waals surface area contributed by atoms with Gasteiger partial charge in [0.25, 0.3) is 0 Å². The molecular weight excluding hydrogens is 781 g/mol. The van der Waals surface area contributed by atoms with Crippen molar-refractivity contribution < 1.29 is 28.6 Å². The van der Waals surface area contributed by atoms with E-state index in [1.165, 1.54) is 64.2 Å². The molecule has 6 nitrogen and oxygen atoms in total. The summed E-state index contributed by atoms with van der Waals surface area (Å²) in [6.45, 7) is 6.30. The third-order valence-electron chi connectivity index (χ3n) is 10.2. The molecule has 0 radical (unpaired) electrons. The zero-order chi connectivity index (χ0) is 45.8. The first-order valence-corrected chi connectivity index (χ1v) is 25.4. The van der Waals surface area contributed by atoms with Crippen molar-refractivity contribution in [1.29, 1.82) is 0 Å². The van der Waals surface area contributed by atoms with Crippen LogP contribution in [0.4, 0.5) is 0 Å². The number of esters is 3. The van der Waals surface area contributed by atoms with Crippen LogP contribution in [0.2, 0.25) is 0 Å². The predicted molar refractivity (Wildman–Crippen MR) is 270 cm³/mol. The molecule has 0 rings (SSSR count). The number of unbranched alkanes of at least 4 members (excludes halogenated alkanes) is 15.